The van der Waals surface area contributed by atoms with Crippen molar-refractivity contribution in [3.05, 3.63) is 34.0 Å². The van der Waals surface area contributed by atoms with E-state index >= 15 is 0 Å². The lowest BCUT2D eigenvalue weighted by Gasteiger charge is -2.04. The summed E-state index contributed by atoms with van der Waals surface area (Å²) in [5.74, 6) is 1.05. The summed E-state index contributed by atoms with van der Waals surface area (Å²) in [4.78, 5) is 11.4. The Bertz CT molecular complexity index is 747. The predicted octanol–water partition coefficient (Wildman–Crippen LogP) is 2.69. The van der Waals surface area contributed by atoms with E-state index in [2.05, 4.69) is 29.0 Å². The second-order valence-electron chi connectivity index (χ2n) is 4.47. The molecule has 0 spiro atoms. The first-order chi connectivity index (χ1) is 9.71. The van der Waals surface area contributed by atoms with E-state index in [-0.39, 0.29) is 0 Å². The quantitative estimate of drug-likeness (QED) is 0.801. The molecule has 0 aliphatic carbocycles. The lowest BCUT2D eigenvalue weighted by Crippen LogP contribution is -2.04. The molecule has 3 aromatic heterocycles. The Kier molecular flexibility index (Phi) is 3.31. The number of nitrogen functional groups attached to an aromatic ring is 1. The Morgan fingerprint density at radius 1 is 1.20 bits per heavy atom. The molecule has 0 fully saturated rings. The molecule has 0 aromatic carbocycles. The topological polar surface area (TPSA) is 66.0 Å². The largest absolute Gasteiger partial charge is 0.481 e. The molecule has 0 bridgehead atoms. The van der Waals surface area contributed by atoms with Crippen molar-refractivity contribution in [3.63, 3.8) is 0 Å². The minimum atomic E-state index is 0.479. The summed E-state index contributed by atoms with van der Waals surface area (Å²) in [6.07, 6.45) is 1.05. The van der Waals surface area contributed by atoms with Gasteiger partial charge in [-0.2, -0.15) is 4.98 Å². The second-order valence-corrected chi connectivity index (χ2v) is 5.73. The van der Waals surface area contributed by atoms with Gasteiger partial charge in [0.25, 0.3) is 0 Å². The van der Waals surface area contributed by atoms with Gasteiger partial charge in [0.1, 0.15) is 5.52 Å². The summed E-state index contributed by atoms with van der Waals surface area (Å²) in [5, 5.41) is 0. The van der Waals surface area contributed by atoms with Crippen LogP contribution in [-0.4, -0.2) is 21.6 Å². The van der Waals surface area contributed by atoms with Crippen LogP contribution in [0.4, 0.5) is 5.95 Å². The molecule has 3 aromatic rings. The summed E-state index contributed by atoms with van der Waals surface area (Å²) < 4.78 is 7.09. The highest BCUT2D eigenvalue weighted by molar-refractivity contribution is 7.11. The minimum absolute atomic E-state index is 0.479. The zero-order chi connectivity index (χ0) is 14.1. The van der Waals surface area contributed by atoms with Gasteiger partial charge in [-0.3, -0.25) is 4.57 Å². The van der Waals surface area contributed by atoms with E-state index < -0.39 is 0 Å². The monoisotopic (exact) mass is 288 g/mol. The van der Waals surface area contributed by atoms with Gasteiger partial charge < -0.3 is 10.5 Å². The first kappa shape index (κ1) is 12.9. The maximum atomic E-state index is 6.01. The van der Waals surface area contributed by atoms with Crippen molar-refractivity contribution in [1.82, 2.24) is 14.5 Å². The average Bonchev–Trinajstić information content (AvgIpc) is 3.04. The van der Waals surface area contributed by atoms with E-state index in [1.165, 1.54) is 9.75 Å². The first-order valence-corrected chi connectivity index (χ1v) is 7.27. The summed E-state index contributed by atoms with van der Waals surface area (Å²) >= 11 is 1.80. The summed E-state index contributed by atoms with van der Waals surface area (Å²) in [6, 6.07) is 7.96. The maximum Gasteiger partial charge on any atom is 0.215 e. The summed E-state index contributed by atoms with van der Waals surface area (Å²) in [5.41, 5.74) is 7.55. The van der Waals surface area contributed by atoms with E-state index in [9.17, 15) is 0 Å². The molecule has 3 rings (SSSR count). The smallest absolute Gasteiger partial charge is 0.215 e. The lowest BCUT2D eigenvalue weighted by atomic mass is 10.3. The van der Waals surface area contributed by atoms with Gasteiger partial charge in [-0.1, -0.05) is 6.92 Å². The van der Waals surface area contributed by atoms with Gasteiger partial charge in [0.05, 0.1) is 13.7 Å². The third kappa shape index (κ3) is 2.22. The highest BCUT2D eigenvalue weighted by atomic mass is 32.1. The number of hydrogen-bond acceptors (Lipinski definition) is 5. The Labute approximate surface area is 121 Å². The van der Waals surface area contributed by atoms with Crippen LogP contribution >= 0.6 is 11.3 Å². The highest BCUT2D eigenvalue weighted by Gasteiger charge is 2.12. The van der Waals surface area contributed by atoms with E-state index in [1.807, 2.05) is 10.6 Å². The standard InChI is InChI=1S/C14H16N4OS/c1-3-9-4-5-10(20-9)8-18-13-11(16-14(18)15)6-7-12(17-13)19-2/h4-7H,3,8H2,1-2H3,(H2,15,16). The Morgan fingerprint density at radius 3 is 2.70 bits per heavy atom. The number of rotatable bonds is 4. The van der Waals surface area contributed by atoms with Crippen LogP contribution in [0.2, 0.25) is 0 Å². The Hall–Kier alpha value is -2.08. The maximum absolute atomic E-state index is 6.01. The number of aromatic nitrogens is 3. The van der Waals surface area contributed by atoms with Gasteiger partial charge in [-0.05, 0) is 24.6 Å². The van der Waals surface area contributed by atoms with Crippen LogP contribution in [0, 0.1) is 0 Å². The van der Waals surface area contributed by atoms with E-state index in [1.54, 1.807) is 24.5 Å². The van der Waals surface area contributed by atoms with Crippen LogP contribution in [0.1, 0.15) is 16.7 Å². The van der Waals surface area contributed by atoms with Gasteiger partial charge in [-0.15, -0.1) is 11.3 Å². The number of methoxy groups -OCH3 is 1. The third-order valence-electron chi connectivity index (χ3n) is 3.19. The van der Waals surface area contributed by atoms with Gasteiger partial charge in [-0.25, -0.2) is 4.98 Å². The average molecular weight is 288 g/mol. The molecule has 0 radical (unpaired) electrons. The van der Waals surface area contributed by atoms with Crippen molar-refractivity contribution in [1.29, 1.82) is 0 Å². The molecule has 2 N–H and O–H groups in total. The minimum Gasteiger partial charge on any atom is -0.481 e. The van der Waals surface area contributed by atoms with Crippen molar-refractivity contribution < 1.29 is 4.74 Å². The molecule has 0 saturated carbocycles. The number of nitrogens with zero attached hydrogens (tertiary/aromatic N) is 3. The van der Waals surface area contributed by atoms with Crippen molar-refractivity contribution >= 4 is 28.4 Å². The number of nitrogens with two attached hydrogens (primary N) is 1. The fourth-order valence-corrected chi connectivity index (χ4v) is 3.07. The zero-order valence-corrected chi connectivity index (χ0v) is 12.3. The number of imidazole rings is 1. The highest BCUT2D eigenvalue weighted by Crippen LogP contribution is 2.23. The van der Waals surface area contributed by atoms with Gasteiger partial charge in [0.2, 0.25) is 11.8 Å². The number of fused-ring (bicyclic) bond motifs is 1. The van der Waals surface area contributed by atoms with Crippen LogP contribution in [0.15, 0.2) is 24.3 Å². The fourth-order valence-electron chi connectivity index (χ4n) is 2.12. The normalized spacial score (nSPS) is 11.1. The van der Waals surface area contributed by atoms with Crippen LogP contribution in [0.5, 0.6) is 5.88 Å². The number of hydrogen-bond donors (Lipinski definition) is 1. The number of thiophene rings is 1. The Balaban J connectivity index is 2.03. The molecule has 0 unspecified atom stereocenters. The van der Waals surface area contributed by atoms with Crippen LogP contribution in [0.3, 0.4) is 0 Å². The number of pyridine rings is 1. The SMILES string of the molecule is CCc1ccc(Cn2c(N)nc3ccc(OC)nc32)s1. The molecule has 104 valence electrons. The van der Waals surface area contributed by atoms with Gasteiger partial charge in [0, 0.05) is 15.8 Å². The van der Waals surface area contributed by atoms with E-state index in [4.69, 9.17) is 10.5 Å². The molecule has 3 heterocycles. The summed E-state index contributed by atoms with van der Waals surface area (Å²) in [6.45, 7) is 2.84. The molecule has 6 heteroatoms. The van der Waals surface area contributed by atoms with Crippen LogP contribution in [0.25, 0.3) is 11.2 Å². The number of ether oxygens (including phenoxy) is 1. The van der Waals surface area contributed by atoms with Gasteiger partial charge in [0.15, 0.2) is 5.65 Å². The molecule has 0 aliphatic rings. The van der Waals surface area contributed by atoms with Crippen molar-refractivity contribution in [2.45, 2.75) is 19.9 Å². The number of anilines is 1. The van der Waals surface area contributed by atoms with Crippen molar-refractivity contribution in [2.24, 2.45) is 0 Å². The zero-order valence-electron chi connectivity index (χ0n) is 11.5. The van der Waals surface area contributed by atoms with E-state index in [0.29, 0.717) is 18.4 Å². The van der Waals surface area contributed by atoms with E-state index in [0.717, 1.165) is 17.6 Å². The third-order valence-corrected chi connectivity index (χ3v) is 4.40. The molecule has 0 atom stereocenters. The van der Waals surface area contributed by atoms with Crippen molar-refractivity contribution in [2.75, 3.05) is 12.8 Å². The Morgan fingerprint density at radius 2 is 2.00 bits per heavy atom. The number of aryl methyl sites for hydroxylation is 1. The van der Waals surface area contributed by atoms with Crippen LogP contribution in [-0.2, 0) is 13.0 Å². The summed E-state index contributed by atoms with van der Waals surface area (Å²) in [7, 11) is 1.60. The molecule has 0 amide bonds. The van der Waals surface area contributed by atoms with Gasteiger partial charge >= 0.3 is 0 Å². The van der Waals surface area contributed by atoms with Crippen molar-refractivity contribution in [3.8, 4) is 5.88 Å². The fraction of sp³-hybridized carbons (Fsp3) is 0.286. The molecule has 0 saturated heterocycles. The molecule has 5 nitrogen and oxygen atoms in total. The molecular weight excluding hydrogens is 272 g/mol. The second kappa shape index (κ2) is 5.13. The first-order valence-electron chi connectivity index (χ1n) is 6.45. The van der Waals surface area contributed by atoms with Crippen LogP contribution < -0.4 is 10.5 Å². The molecule has 20 heavy (non-hydrogen) atoms. The predicted molar refractivity (Wildman–Crippen MR) is 81.3 cm³/mol. The molecular formula is C14H16N4OS. The lowest BCUT2D eigenvalue weighted by molar-refractivity contribution is 0.399. The molecule has 0 aliphatic heterocycles.